The van der Waals surface area contributed by atoms with Gasteiger partial charge in [0.25, 0.3) is 0 Å². The van der Waals surface area contributed by atoms with Gasteiger partial charge in [-0.1, -0.05) is 26.0 Å². The zero-order valence-electron chi connectivity index (χ0n) is 11.2. The van der Waals surface area contributed by atoms with Crippen molar-refractivity contribution in [3.63, 3.8) is 0 Å². The van der Waals surface area contributed by atoms with Crippen LogP contribution in [0, 0.1) is 5.92 Å². The van der Waals surface area contributed by atoms with E-state index in [4.69, 9.17) is 19.9 Å². The van der Waals surface area contributed by atoms with E-state index in [1.54, 1.807) is 0 Å². The molecule has 102 valence electrons. The standard InChI is InChI=1S/C14H23NO3/c1-12(2)11-17-8-7-16-9-10-18-14-6-4-3-5-13(14)15/h3-6,12H,7-11,15H2,1-2H3. The lowest BCUT2D eigenvalue weighted by Gasteiger charge is -2.09. The third-order valence-electron chi connectivity index (χ3n) is 2.23. The van der Waals surface area contributed by atoms with Gasteiger partial charge in [0.15, 0.2) is 0 Å². The lowest BCUT2D eigenvalue weighted by atomic mass is 10.2. The molecule has 1 aromatic carbocycles. The van der Waals surface area contributed by atoms with Crippen molar-refractivity contribution in [3.05, 3.63) is 24.3 Å². The average molecular weight is 253 g/mol. The minimum atomic E-state index is 0.498. The van der Waals surface area contributed by atoms with Crippen LogP contribution in [0.2, 0.25) is 0 Å². The molecule has 0 amide bonds. The topological polar surface area (TPSA) is 53.7 Å². The molecule has 0 aromatic heterocycles. The number of hydrogen-bond donors (Lipinski definition) is 1. The molecule has 0 saturated heterocycles. The van der Waals surface area contributed by atoms with Crippen LogP contribution >= 0.6 is 0 Å². The van der Waals surface area contributed by atoms with Crippen molar-refractivity contribution in [2.75, 3.05) is 38.8 Å². The van der Waals surface area contributed by atoms with Crippen molar-refractivity contribution in [2.24, 2.45) is 5.92 Å². The number of nitrogen functional groups attached to an aromatic ring is 1. The molecule has 4 heteroatoms. The van der Waals surface area contributed by atoms with E-state index in [2.05, 4.69) is 13.8 Å². The fourth-order valence-electron chi connectivity index (χ4n) is 1.36. The highest BCUT2D eigenvalue weighted by molar-refractivity contribution is 5.51. The van der Waals surface area contributed by atoms with Crippen molar-refractivity contribution >= 4 is 5.69 Å². The molecule has 0 fully saturated rings. The second kappa shape index (κ2) is 8.78. The van der Waals surface area contributed by atoms with Crippen LogP contribution in [-0.4, -0.2) is 33.0 Å². The summed E-state index contributed by atoms with van der Waals surface area (Å²) < 4.78 is 16.3. The van der Waals surface area contributed by atoms with Crippen molar-refractivity contribution in [1.29, 1.82) is 0 Å². The first-order valence-corrected chi connectivity index (χ1v) is 6.33. The maximum absolute atomic E-state index is 5.74. The lowest BCUT2D eigenvalue weighted by Crippen LogP contribution is -2.12. The Balaban J connectivity index is 1.98. The van der Waals surface area contributed by atoms with Crippen LogP contribution in [0.5, 0.6) is 5.75 Å². The number of ether oxygens (including phenoxy) is 3. The summed E-state index contributed by atoms with van der Waals surface area (Å²) in [7, 11) is 0. The molecular formula is C14H23NO3. The van der Waals surface area contributed by atoms with Gasteiger partial charge in [-0.25, -0.2) is 0 Å². The summed E-state index contributed by atoms with van der Waals surface area (Å²) in [5.41, 5.74) is 6.39. The second-order valence-electron chi connectivity index (χ2n) is 4.47. The number of rotatable bonds is 9. The molecule has 0 saturated carbocycles. The number of nitrogens with two attached hydrogens (primary N) is 1. The van der Waals surface area contributed by atoms with Crippen molar-refractivity contribution < 1.29 is 14.2 Å². The van der Waals surface area contributed by atoms with E-state index in [-0.39, 0.29) is 0 Å². The van der Waals surface area contributed by atoms with Crippen LogP contribution in [0.15, 0.2) is 24.3 Å². The van der Waals surface area contributed by atoms with Gasteiger partial charge < -0.3 is 19.9 Å². The Morgan fingerprint density at radius 3 is 2.39 bits per heavy atom. The molecule has 0 atom stereocenters. The third-order valence-corrected chi connectivity index (χ3v) is 2.23. The molecule has 0 radical (unpaired) electrons. The molecule has 1 rings (SSSR count). The molecule has 18 heavy (non-hydrogen) atoms. The summed E-state index contributed by atoms with van der Waals surface area (Å²) in [5.74, 6) is 1.27. The number of anilines is 1. The lowest BCUT2D eigenvalue weighted by molar-refractivity contribution is 0.0283. The van der Waals surface area contributed by atoms with Crippen LogP contribution in [0.25, 0.3) is 0 Å². The smallest absolute Gasteiger partial charge is 0.142 e. The minimum absolute atomic E-state index is 0.498. The Kier molecular flexibility index (Phi) is 7.22. The van der Waals surface area contributed by atoms with Crippen LogP contribution in [-0.2, 0) is 9.47 Å². The first-order valence-electron chi connectivity index (χ1n) is 6.33. The Labute approximate surface area is 109 Å². The summed E-state index contributed by atoms with van der Waals surface area (Å²) >= 11 is 0. The Morgan fingerprint density at radius 1 is 1.00 bits per heavy atom. The van der Waals surface area contributed by atoms with E-state index >= 15 is 0 Å². The minimum Gasteiger partial charge on any atom is -0.489 e. The van der Waals surface area contributed by atoms with Gasteiger partial charge in [-0.05, 0) is 18.1 Å². The van der Waals surface area contributed by atoms with Gasteiger partial charge >= 0.3 is 0 Å². The predicted octanol–water partition coefficient (Wildman–Crippen LogP) is 2.34. The zero-order chi connectivity index (χ0) is 13.2. The fourth-order valence-corrected chi connectivity index (χ4v) is 1.36. The summed E-state index contributed by atoms with van der Waals surface area (Å²) in [4.78, 5) is 0. The van der Waals surface area contributed by atoms with Crippen LogP contribution in [0.1, 0.15) is 13.8 Å². The van der Waals surface area contributed by atoms with E-state index in [1.165, 1.54) is 0 Å². The number of hydrogen-bond acceptors (Lipinski definition) is 4. The normalized spacial score (nSPS) is 10.8. The summed E-state index contributed by atoms with van der Waals surface area (Å²) in [6.07, 6.45) is 0. The molecule has 0 aliphatic heterocycles. The van der Waals surface area contributed by atoms with Gasteiger partial charge in [-0.3, -0.25) is 0 Å². The first-order chi connectivity index (χ1) is 8.70. The quantitative estimate of drug-likeness (QED) is 0.542. The maximum atomic E-state index is 5.74. The number of benzene rings is 1. The van der Waals surface area contributed by atoms with E-state index < -0.39 is 0 Å². The molecule has 0 aliphatic carbocycles. The van der Waals surface area contributed by atoms with E-state index in [0.29, 0.717) is 43.8 Å². The van der Waals surface area contributed by atoms with E-state index in [0.717, 1.165) is 6.61 Å². The van der Waals surface area contributed by atoms with Crippen molar-refractivity contribution in [2.45, 2.75) is 13.8 Å². The summed E-state index contributed by atoms with van der Waals surface area (Å²) in [6.45, 7) is 7.29. The van der Waals surface area contributed by atoms with E-state index in [9.17, 15) is 0 Å². The monoisotopic (exact) mass is 253 g/mol. The first kappa shape index (κ1) is 14.8. The second-order valence-corrected chi connectivity index (χ2v) is 4.47. The van der Waals surface area contributed by atoms with Crippen LogP contribution in [0.4, 0.5) is 5.69 Å². The number of para-hydroxylation sites is 2. The van der Waals surface area contributed by atoms with Crippen LogP contribution < -0.4 is 10.5 Å². The van der Waals surface area contributed by atoms with Crippen molar-refractivity contribution in [1.82, 2.24) is 0 Å². The molecule has 4 nitrogen and oxygen atoms in total. The van der Waals surface area contributed by atoms with Crippen molar-refractivity contribution in [3.8, 4) is 5.75 Å². The highest BCUT2D eigenvalue weighted by Gasteiger charge is 1.98. The van der Waals surface area contributed by atoms with Gasteiger partial charge in [-0.15, -0.1) is 0 Å². The largest absolute Gasteiger partial charge is 0.489 e. The molecule has 0 unspecified atom stereocenters. The molecule has 0 bridgehead atoms. The van der Waals surface area contributed by atoms with Gasteiger partial charge in [0.1, 0.15) is 12.4 Å². The highest BCUT2D eigenvalue weighted by atomic mass is 16.5. The van der Waals surface area contributed by atoms with E-state index in [1.807, 2.05) is 24.3 Å². The fraction of sp³-hybridized carbons (Fsp3) is 0.571. The molecule has 0 heterocycles. The predicted molar refractivity (Wildman–Crippen MR) is 72.8 cm³/mol. The van der Waals surface area contributed by atoms with Gasteiger partial charge in [-0.2, -0.15) is 0 Å². The molecule has 0 aliphatic rings. The molecule has 1 aromatic rings. The summed E-state index contributed by atoms with van der Waals surface area (Å²) in [5, 5.41) is 0. The Morgan fingerprint density at radius 2 is 1.67 bits per heavy atom. The Hall–Kier alpha value is -1.26. The van der Waals surface area contributed by atoms with Gasteiger partial charge in [0, 0.05) is 6.61 Å². The maximum Gasteiger partial charge on any atom is 0.142 e. The molecular weight excluding hydrogens is 230 g/mol. The average Bonchev–Trinajstić information content (AvgIpc) is 2.34. The van der Waals surface area contributed by atoms with Gasteiger partial charge in [0.05, 0.1) is 25.5 Å². The van der Waals surface area contributed by atoms with Crippen LogP contribution in [0.3, 0.4) is 0 Å². The molecule has 2 N–H and O–H groups in total. The Bertz CT molecular complexity index is 329. The summed E-state index contributed by atoms with van der Waals surface area (Å²) in [6, 6.07) is 7.44. The van der Waals surface area contributed by atoms with Gasteiger partial charge in [0.2, 0.25) is 0 Å². The molecule has 0 spiro atoms. The zero-order valence-corrected chi connectivity index (χ0v) is 11.2. The SMILES string of the molecule is CC(C)COCCOCCOc1ccccc1N. The third kappa shape index (κ3) is 6.47. The highest BCUT2D eigenvalue weighted by Crippen LogP contribution is 2.19.